The zero-order chi connectivity index (χ0) is 22.0. The lowest BCUT2D eigenvalue weighted by Crippen LogP contribution is -2.38. The molecule has 0 radical (unpaired) electrons. The van der Waals surface area contributed by atoms with Crippen molar-refractivity contribution >= 4 is 26.7 Å². The van der Waals surface area contributed by atoms with Crippen molar-refractivity contribution in [3.63, 3.8) is 0 Å². The van der Waals surface area contributed by atoms with E-state index in [4.69, 9.17) is 18.6 Å². The average Bonchev–Trinajstić information content (AvgIpc) is 3.33. The fraction of sp³-hybridized carbons (Fsp3) is 0.318. The number of hydrogen-bond acceptors (Lipinski definition) is 7. The molecule has 0 bridgehead atoms. The third-order valence-electron chi connectivity index (χ3n) is 5.21. The van der Waals surface area contributed by atoms with Crippen LogP contribution in [0.1, 0.15) is 6.42 Å². The molecule has 31 heavy (non-hydrogen) atoms. The lowest BCUT2D eigenvalue weighted by Gasteiger charge is -2.12. The number of benzene rings is 2. The van der Waals surface area contributed by atoms with Gasteiger partial charge >= 0.3 is 0 Å². The van der Waals surface area contributed by atoms with Gasteiger partial charge in [-0.05, 0) is 42.3 Å². The van der Waals surface area contributed by atoms with Gasteiger partial charge in [-0.25, -0.2) is 8.42 Å². The number of sulfone groups is 1. The number of amides is 1. The quantitative estimate of drug-likeness (QED) is 0.596. The standard InChI is InChI=1S/C22H23NO7S/c1-27-20-5-3-14(9-21(20)28-2)18-11-30-19-6-4-16(10-17(18)19)29-12-22(24)23-15-7-8-31(25,26)13-15/h3-6,9-11,15H,7-8,12-13H2,1-2H3,(H,23,24)/t15-/m0/s1. The summed E-state index contributed by atoms with van der Waals surface area (Å²) < 4.78 is 45.0. The second kappa shape index (κ2) is 8.50. The van der Waals surface area contributed by atoms with E-state index in [1.807, 2.05) is 18.2 Å². The molecule has 0 spiro atoms. The lowest BCUT2D eigenvalue weighted by molar-refractivity contribution is -0.123. The third kappa shape index (κ3) is 4.61. The van der Waals surface area contributed by atoms with Gasteiger partial charge in [-0.15, -0.1) is 0 Å². The van der Waals surface area contributed by atoms with Crippen LogP contribution in [0.3, 0.4) is 0 Å². The Morgan fingerprint density at radius 3 is 2.65 bits per heavy atom. The summed E-state index contributed by atoms with van der Waals surface area (Å²) in [6.45, 7) is -0.203. The van der Waals surface area contributed by atoms with Crippen LogP contribution in [0.15, 0.2) is 47.1 Å². The minimum atomic E-state index is -3.05. The molecule has 1 aromatic heterocycles. The zero-order valence-electron chi connectivity index (χ0n) is 17.2. The van der Waals surface area contributed by atoms with Crippen LogP contribution in [-0.2, 0) is 14.6 Å². The second-order valence-electron chi connectivity index (χ2n) is 7.33. The summed E-state index contributed by atoms with van der Waals surface area (Å²) in [5, 5.41) is 3.54. The average molecular weight is 445 g/mol. The number of carbonyl (C=O) groups excluding carboxylic acids is 1. The number of carbonyl (C=O) groups is 1. The predicted molar refractivity (Wildman–Crippen MR) is 115 cm³/mol. The van der Waals surface area contributed by atoms with Crippen LogP contribution in [-0.4, -0.2) is 52.7 Å². The molecule has 9 heteroatoms. The molecule has 4 rings (SSSR count). The number of rotatable bonds is 7. The number of fused-ring (bicyclic) bond motifs is 1. The third-order valence-corrected chi connectivity index (χ3v) is 6.97. The Bertz CT molecular complexity index is 1220. The van der Waals surface area contributed by atoms with Crippen molar-refractivity contribution < 1.29 is 31.8 Å². The molecule has 1 N–H and O–H groups in total. The zero-order valence-corrected chi connectivity index (χ0v) is 18.0. The van der Waals surface area contributed by atoms with Crippen molar-refractivity contribution in [1.82, 2.24) is 5.32 Å². The minimum Gasteiger partial charge on any atom is -0.493 e. The highest BCUT2D eigenvalue weighted by Gasteiger charge is 2.28. The van der Waals surface area contributed by atoms with Gasteiger partial charge in [0.1, 0.15) is 11.3 Å². The molecule has 2 aromatic carbocycles. The summed E-state index contributed by atoms with van der Waals surface area (Å²) in [5.74, 6) is 1.47. The van der Waals surface area contributed by atoms with Crippen LogP contribution in [0.25, 0.3) is 22.1 Å². The molecule has 0 unspecified atom stereocenters. The SMILES string of the molecule is COc1ccc(-c2coc3ccc(OCC(=O)N[C@H]4CCS(=O)(=O)C4)cc23)cc1OC. The molecular weight excluding hydrogens is 422 g/mol. The Hall–Kier alpha value is -3.20. The van der Waals surface area contributed by atoms with E-state index in [1.54, 1.807) is 38.7 Å². The Balaban J connectivity index is 1.49. The Morgan fingerprint density at radius 2 is 1.94 bits per heavy atom. The van der Waals surface area contributed by atoms with Gasteiger partial charge in [0.25, 0.3) is 5.91 Å². The molecule has 0 aliphatic carbocycles. The highest BCUT2D eigenvalue weighted by atomic mass is 32.2. The Labute approximate surface area is 180 Å². The number of nitrogens with one attached hydrogen (secondary N) is 1. The van der Waals surface area contributed by atoms with Crippen molar-refractivity contribution in [2.75, 3.05) is 32.3 Å². The second-order valence-corrected chi connectivity index (χ2v) is 9.56. The molecule has 164 valence electrons. The molecular formula is C22H23NO7S. The number of furan rings is 1. The van der Waals surface area contributed by atoms with E-state index >= 15 is 0 Å². The van der Waals surface area contributed by atoms with Gasteiger partial charge in [0, 0.05) is 17.0 Å². The summed E-state index contributed by atoms with van der Waals surface area (Å²) >= 11 is 0. The molecule has 1 atom stereocenters. The molecule has 1 saturated heterocycles. The van der Waals surface area contributed by atoms with E-state index in [0.29, 0.717) is 29.3 Å². The molecule has 1 aliphatic rings. The first-order chi connectivity index (χ1) is 14.9. The lowest BCUT2D eigenvalue weighted by atomic mass is 10.0. The van der Waals surface area contributed by atoms with Crippen LogP contribution in [0.2, 0.25) is 0 Å². The first-order valence-electron chi connectivity index (χ1n) is 9.75. The van der Waals surface area contributed by atoms with Crippen molar-refractivity contribution in [2.24, 2.45) is 0 Å². The molecule has 0 saturated carbocycles. The van der Waals surface area contributed by atoms with Gasteiger partial charge in [0.15, 0.2) is 27.9 Å². The Morgan fingerprint density at radius 1 is 1.13 bits per heavy atom. The fourth-order valence-corrected chi connectivity index (χ4v) is 5.33. The maximum Gasteiger partial charge on any atom is 0.258 e. The topological polar surface area (TPSA) is 104 Å². The first kappa shape index (κ1) is 21.0. The molecule has 1 fully saturated rings. The fourth-order valence-electron chi connectivity index (χ4n) is 3.65. The highest BCUT2D eigenvalue weighted by molar-refractivity contribution is 7.91. The van der Waals surface area contributed by atoms with Crippen molar-refractivity contribution in [1.29, 1.82) is 0 Å². The van der Waals surface area contributed by atoms with Crippen LogP contribution < -0.4 is 19.5 Å². The van der Waals surface area contributed by atoms with Crippen LogP contribution >= 0.6 is 0 Å². The van der Waals surface area contributed by atoms with Gasteiger partial charge in [-0.1, -0.05) is 6.07 Å². The smallest absolute Gasteiger partial charge is 0.258 e. The first-order valence-corrected chi connectivity index (χ1v) is 11.6. The maximum atomic E-state index is 12.1. The summed E-state index contributed by atoms with van der Waals surface area (Å²) in [6, 6.07) is 10.5. The molecule has 1 amide bonds. The van der Waals surface area contributed by atoms with Crippen molar-refractivity contribution in [3.8, 4) is 28.4 Å². The summed E-state index contributed by atoms with van der Waals surface area (Å²) in [7, 11) is 0.106. The van der Waals surface area contributed by atoms with E-state index in [0.717, 1.165) is 16.5 Å². The van der Waals surface area contributed by atoms with Gasteiger partial charge in [-0.2, -0.15) is 0 Å². The summed E-state index contributed by atoms with van der Waals surface area (Å²) in [5.41, 5.74) is 2.41. The minimum absolute atomic E-state index is 0.0194. The van der Waals surface area contributed by atoms with Crippen LogP contribution in [0.4, 0.5) is 0 Å². The number of methoxy groups -OCH3 is 2. The van der Waals surface area contributed by atoms with Crippen molar-refractivity contribution in [2.45, 2.75) is 12.5 Å². The molecule has 2 heterocycles. The molecule has 8 nitrogen and oxygen atoms in total. The van der Waals surface area contributed by atoms with E-state index in [2.05, 4.69) is 5.32 Å². The van der Waals surface area contributed by atoms with E-state index in [9.17, 15) is 13.2 Å². The maximum absolute atomic E-state index is 12.1. The van der Waals surface area contributed by atoms with Crippen molar-refractivity contribution in [3.05, 3.63) is 42.7 Å². The normalized spacial score (nSPS) is 17.4. The highest BCUT2D eigenvalue weighted by Crippen LogP contribution is 2.37. The number of ether oxygens (including phenoxy) is 3. The van der Waals surface area contributed by atoms with Gasteiger partial charge in [-0.3, -0.25) is 4.79 Å². The Kier molecular flexibility index (Phi) is 5.77. The molecule has 1 aliphatic heterocycles. The summed E-state index contributed by atoms with van der Waals surface area (Å²) in [4.78, 5) is 12.1. The van der Waals surface area contributed by atoms with Gasteiger partial charge < -0.3 is 23.9 Å². The van der Waals surface area contributed by atoms with E-state index < -0.39 is 9.84 Å². The van der Waals surface area contributed by atoms with Gasteiger partial charge in [0.05, 0.1) is 32.0 Å². The van der Waals surface area contributed by atoms with E-state index in [1.165, 1.54) is 0 Å². The largest absolute Gasteiger partial charge is 0.493 e. The van der Waals surface area contributed by atoms with Crippen LogP contribution in [0, 0.1) is 0 Å². The summed E-state index contributed by atoms with van der Waals surface area (Å²) in [6.07, 6.45) is 2.09. The van der Waals surface area contributed by atoms with Crippen LogP contribution in [0.5, 0.6) is 17.2 Å². The monoisotopic (exact) mass is 445 g/mol. The predicted octanol–water partition coefficient (Wildman–Crippen LogP) is 2.80. The molecule has 3 aromatic rings. The van der Waals surface area contributed by atoms with Gasteiger partial charge in [0.2, 0.25) is 0 Å². The van der Waals surface area contributed by atoms with E-state index in [-0.39, 0.29) is 30.1 Å². The number of hydrogen-bond donors (Lipinski definition) is 1.